The molecule has 206 valence electrons. The summed E-state index contributed by atoms with van der Waals surface area (Å²) in [6.45, 7) is 4.39. The Morgan fingerprint density at radius 1 is 0.441 bits per heavy atom. The zero-order chi connectivity index (χ0) is 25.3. The Labute approximate surface area is 210 Å². The summed E-state index contributed by atoms with van der Waals surface area (Å²) in [4.78, 5) is 0. The fourth-order valence-electron chi connectivity index (χ4n) is 4.32. The van der Waals surface area contributed by atoms with E-state index in [1.165, 1.54) is 83.5 Å². The topological polar surface area (TPSA) is 99.4 Å². The van der Waals surface area contributed by atoms with Gasteiger partial charge in [-0.15, -0.1) is 0 Å². The van der Waals surface area contributed by atoms with Gasteiger partial charge in [0.1, 0.15) is 24.4 Å². The lowest BCUT2D eigenvalue weighted by molar-refractivity contribution is -0.170. The Kier molecular flexibility index (Phi) is 25.7. The molecule has 0 unspecified atom stereocenters. The SMILES string of the molecule is CCCCCCCCCCCCO[C@@H]([C@H](OCCCCCCCCCC)[C@H](O)CO)[C@H](O)CO. The first-order valence-corrected chi connectivity index (χ1v) is 14.4. The summed E-state index contributed by atoms with van der Waals surface area (Å²) in [5.74, 6) is 0. The molecule has 0 amide bonds. The van der Waals surface area contributed by atoms with E-state index in [0.717, 1.165) is 32.1 Å². The average Bonchev–Trinajstić information content (AvgIpc) is 2.85. The van der Waals surface area contributed by atoms with E-state index in [4.69, 9.17) is 9.47 Å². The molecule has 0 aromatic heterocycles. The zero-order valence-corrected chi connectivity index (χ0v) is 22.5. The Hall–Kier alpha value is -0.240. The zero-order valence-electron chi connectivity index (χ0n) is 22.5. The summed E-state index contributed by atoms with van der Waals surface area (Å²) >= 11 is 0. The summed E-state index contributed by atoms with van der Waals surface area (Å²) in [7, 11) is 0. The lowest BCUT2D eigenvalue weighted by atomic mass is 10.0. The van der Waals surface area contributed by atoms with Crippen molar-refractivity contribution in [1.82, 2.24) is 0 Å². The highest BCUT2D eigenvalue weighted by Crippen LogP contribution is 2.17. The van der Waals surface area contributed by atoms with E-state index in [1.54, 1.807) is 0 Å². The molecule has 0 aromatic carbocycles. The third kappa shape index (κ3) is 19.0. The summed E-state index contributed by atoms with van der Waals surface area (Å²) < 4.78 is 11.7. The maximum atomic E-state index is 10.3. The number of aliphatic hydroxyl groups excluding tert-OH is 4. The molecule has 0 spiro atoms. The third-order valence-electron chi connectivity index (χ3n) is 6.57. The van der Waals surface area contributed by atoms with Gasteiger partial charge in [0, 0.05) is 13.2 Å². The van der Waals surface area contributed by atoms with Crippen LogP contribution in [-0.2, 0) is 9.47 Å². The molecular formula is C28H58O6. The van der Waals surface area contributed by atoms with Crippen molar-refractivity contribution >= 4 is 0 Å². The molecular weight excluding hydrogens is 432 g/mol. The van der Waals surface area contributed by atoms with Gasteiger partial charge >= 0.3 is 0 Å². The van der Waals surface area contributed by atoms with E-state index in [1.807, 2.05) is 0 Å². The van der Waals surface area contributed by atoms with E-state index in [-0.39, 0.29) is 0 Å². The molecule has 0 heterocycles. The number of hydrogen-bond acceptors (Lipinski definition) is 6. The highest BCUT2D eigenvalue weighted by Gasteiger charge is 2.34. The molecule has 0 aliphatic rings. The molecule has 34 heavy (non-hydrogen) atoms. The smallest absolute Gasteiger partial charge is 0.114 e. The van der Waals surface area contributed by atoms with Crippen molar-refractivity contribution < 1.29 is 29.9 Å². The normalized spacial score (nSPS) is 15.4. The van der Waals surface area contributed by atoms with Crippen LogP contribution >= 0.6 is 0 Å². The molecule has 0 bridgehead atoms. The molecule has 0 aromatic rings. The van der Waals surface area contributed by atoms with Gasteiger partial charge in [0.15, 0.2) is 0 Å². The van der Waals surface area contributed by atoms with Crippen LogP contribution in [0.4, 0.5) is 0 Å². The van der Waals surface area contributed by atoms with Crippen LogP contribution in [0.3, 0.4) is 0 Å². The predicted octanol–water partition coefficient (Wildman–Crippen LogP) is 5.52. The predicted molar refractivity (Wildman–Crippen MR) is 140 cm³/mol. The van der Waals surface area contributed by atoms with Crippen LogP contribution in [0.15, 0.2) is 0 Å². The van der Waals surface area contributed by atoms with Crippen molar-refractivity contribution in [3.05, 3.63) is 0 Å². The molecule has 0 saturated heterocycles. The molecule has 0 aliphatic heterocycles. The minimum absolute atomic E-state index is 0.437. The monoisotopic (exact) mass is 490 g/mol. The van der Waals surface area contributed by atoms with Crippen molar-refractivity contribution in [1.29, 1.82) is 0 Å². The quantitative estimate of drug-likeness (QED) is 0.113. The lowest BCUT2D eigenvalue weighted by Gasteiger charge is -2.32. The van der Waals surface area contributed by atoms with Gasteiger partial charge in [0.25, 0.3) is 0 Å². The fourth-order valence-corrected chi connectivity index (χ4v) is 4.32. The molecule has 6 nitrogen and oxygen atoms in total. The molecule has 4 N–H and O–H groups in total. The summed E-state index contributed by atoms with van der Waals surface area (Å²) in [5.41, 5.74) is 0. The van der Waals surface area contributed by atoms with Gasteiger partial charge in [-0.2, -0.15) is 0 Å². The second-order valence-corrected chi connectivity index (χ2v) is 9.83. The Bertz CT molecular complexity index is 395. The number of rotatable bonds is 27. The second kappa shape index (κ2) is 25.8. The van der Waals surface area contributed by atoms with Crippen LogP contribution < -0.4 is 0 Å². The van der Waals surface area contributed by atoms with Gasteiger partial charge in [-0.1, -0.05) is 117 Å². The third-order valence-corrected chi connectivity index (χ3v) is 6.57. The van der Waals surface area contributed by atoms with Gasteiger partial charge in [-0.25, -0.2) is 0 Å². The van der Waals surface area contributed by atoms with Gasteiger partial charge in [0.05, 0.1) is 13.2 Å². The molecule has 6 heteroatoms. The lowest BCUT2D eigenvalue weighted by Crippen LogP contribution is -2.50. The van der Waals surface area contributed by atoms with E-state index >= 15 is 0 Å². The molecule has 0 fully saturated rings. The van der Waals surface area contributed by atoms with Crippen LogP contribution in [-0.4, -0.2) is 71.3 Å². The van der Waals surface area contributed by atoms with Crippen LogP contribution in [0, 0.1) is 0 Å². The van der Waals surface area contributed by atoms with Crippen molar-refractivity contribution in [2.45, 2.75) is 154 Å². The van der Waals surface area contributed by atoms with Crippen molar-refractivity contribution in [2.75, 3.05) is 26.4 Å². The van der Waals surface area contributed by atoms with Crippen molar-refractivity contribution in [2.24, 2.45) is 0 Å². The highest BCUT2D eigenvalue weighted by atomic mass is 16.6. The number of hydrogen-bond donors (Lipinski definition) is 4. The van der Waals surface area contributed by atoms with Crippen LogP contribution in [0.5, 0.6) is 0 Å². The second-order valence-electron chi connectivity index (χ2n) is 9.83. The van der Waals surface area contributed by atoms with Gasteiger partial charge in [0.2, 0.25) is 0 Å². The van der Waals surface area contributed by atoms with Gasteiger partial charge in [-0.05, 0) is 12.8 Å². The largest absolute Gasteiger partial charge is 0.394 e. The van der Waals surface area contributed by atoms with Crippen LogP contribution in [0.25, 0.3) is 0 Å². The highest BCUT2D eigenvalue weighted by molar-refractivity contribution is 4.84. The Morgan fingerprint density at radius 3 is 0.971 bits per heavy atom. The number of ether oxygens (including phenoxy) is 2. The average molecular weight is 491 g/mol. The van der Waals surface area contributed by atoms with E-state index in [9.17, 15) is 20.4 Å². The first-order chi connectivity index (χ1) is 16.6. The minimum Gasteiger partial charge on any atom is -0.394 e. The summed E-state index contributed by atoms with van der Waals surface area (Å²) in [6, 6.07) is 0. The van der Waals surface area contributed by atoms with Crippen LogP contribution in [0.2, 0.25) is 0 Å². The van der Waals surface area contributed by atoms with Gasteiger partial charge < -0.3 is 29.9 Å². The van der Waals surface area contributed by atoms with Crippen LogP contribution in [0.1, 0.15) is 129 Å². The van der Waals surface area contributed by atoms with Gasteiger partial charge in [-0.3, -0.25) is 0 Å². The molecule has 0 saturated carbocycles. The maximum absolute atomic E-state index is 10.3. The first-order valence-electron chi connectivity index (χ1n) is 14.4. The van der Waals surface area contributed by atoms with E-state index in [0.29, 0.717) is 13.2 Å². The fraction of sp³-hybridized carbons (Fsp3) is 1.00. The number of unbranched alkanes of at least 4 members (excludes halogenated alkanes) is 16. The van der Waals surface area contributed by atoms with E-state index in [2.05, 4.69) is 13.8 Å². The molecule has 0 rings (SSSR count). The number of aliphatic hydroxyl groups is 4. The molecule has 0 aliphatic carbocycles. The van der Waals surface area contributed by atoms with Crippen molar-refractivity contribution in [3.63, 3.8) is 0 Å². The maximum Gasteiger partial charge on any atom is 0.114 e. The van der Waals surface area contributed by atoms with Crippen molar-refractivity contribution in [3.8, 4) is 0 Å². The Morgan fingerprint density at radius 2 is 0.706 bits per heavy atom. The Balaban J connectivity index is 4.22. The van der Waals surface area contributed by atoms with E-state index < -0.39 is 37.6 Å². The molecule has 4 atom stereocenters. The summed E-state index contributed by atoms with van der Waals surface area (Å²) in [6.07, 6.45) is 17.7. The molecule has 0 radical (unpaired) electrons. The standard InChI is InChI=1S/C28H58O6/c1-3-5-7-9-11-13-14-16-18-20-22-34-28(26(32)24-30)27(25(31)23-29)33-21-19-17-15-12-10-8-6-4-2/h25-32H,3-24H2,1-2H3/t25-,26-,27-,28-/m1/s1. The summed E-state index contributed by atoms with van der Waals surface area (Å²) in [5, 5.41) is 39.5. The first kappa shape index (κ1) is 33.8. The minimum atomic E-state index is -1.16.